The van der Waals surface area contributed by atoms with Gasteiger partial charge in [-0.05, 0) is 48.7 Å². The van der Waals surface area contributed by atoms with Gasteiger partial charge in [-0.1, -0.05) is 34.1 Å². The van der Waals surface area contributed by atoms with Crippen LogP contribution in [0.5, 0.6) is 0 Å². The molecule has 0 spiro atoms. The van der Waals surface area contributed by atoms with Crippen LogP contribution in [0.4, 0.5) is 4.39 Å². The molecule has 2 amide bonds. The van der Waals surface area contributed by atoms with E-state index in [1.807, 2.05) is 19.1 Å². The van der Waals surface area contributed by atoms with Crippen LogP contribution in [0.2, 0.25) is 0 Å². The Morgan fingerprint density at radius 1 is 1.07 bits per heavy atom. The number of rotatable bonds is 7. The Morgan fingerprint density at radius 3 is 2.30 bits per heavy atom. The van der Waals surface area contributed by atoms with Crippen molar-refractivity contribution in [1.82, 2.24) is 9.80 Å². The third-order valence-corrected chi connectivity index (χ3v) is 4.83. The zero-order valence-electron chi connectivity index (χ0n) is 15.8. The molecule has 2 rings (SSSR count). The van der Waals surface area contributed by atoms with Gasteiger partial charge in [-0.15, -0.1) is 0 Å². The normalized spacial score (nSPS) is 10.6. The number of hydrogen-bond acceptors (Lipinski definition) is 2. The minimum atomic E-state index is -0.304. The van der Waals surface area contributed by atoms with Crippen molar-refractivity contribution in [2.75, 3.05) is 20.6 Å². The average Bonchev–Trinajstić information content (AvgIpc) is 2.65. The van der Waals surface area contributed by atoms with Crippen molar-refractivity contribution >= 4 is 27.7 Å². The molecule has 0 N–H and O–H groups in total. The number of amides is 2. The maximum Gasteiger partial charge on any atom is 0.253 e. The summed E-state index contributed by atoms with van der Waals surface area (Å²) in [4.78, 5) is 27.7. The van der Waals surface area contributed by atoms with Gasteiger partial charge >= 0.3 is 0 Å². The molecule has 4 nitrogen and oxygen atoms in total. The number of carbonyl (C=O) groups excluding carboxylic acids is 2. The molecule has 0 atom stereocenters. The van der Waals surface area contributed by atoms with Crippen LogP contribution >= 0.6 is 15.9 Å². The van der Waals surface area contributed by atoms with Crippen molar-refractivity contribution in [2.45, 2.75) is 26.3 Å². The van der Waals surface area contributed by atoms with E-state index >= 15 is 0 Å². The fourth-order valence-electron chi connectivity index (χ4n) is 2.73. The summed E-state index contributed by atoms with van der Waals surface area (Å²) in [5, 5.41) is 0. The van der Waals surface area contributed by atoms with Crippen LogP contribution < -0.4 is 0 Å². The van der Waals surface area contributed by atoms with Gasteiger partial charge in [-0.2, -0.15) is 0 Å². The fourth-order valence-corrected chi connectivity index (χ4v) is 3.06. The SMILES string of the molecule is CCN(Cc1ccc(C(=O)N(C)C)cc1)C(=O)CCc1ccc(Br)cc1F. The summed E-state index contributed by atoms with van der Waals surface area (Å²) in [5.41, 5.74) is 2.10. The molecule has 0 fully saturated rings. The van der Waals surface area contributed by atoms with Gasteiger partial charge in [0, 0.05) is 43.6 Å². The molecule has 2 aromatic carbocycles. The fraction of sp³-hybridized carbons (Fsp3) is 0.333. The van der Waals surface area contributed by atoms with Crippen LogP contribution in [0.15, 0.2) is 46.9 Å². The highest BCUT2D eigenvalue weighted by Crippen LogP contribution is 2.17. The highest BCUT2D eigenvalue weighted by atomic mass is 79.9. The molecule has 6 heteroatoms. The summed E-state index contributed by atoms with van der Waals surface area (Å²) in [6.07, 6.45) is 0.619. The van der Waals surface area contributed by atoms with E-state index in [2.05, 4.69) is 15.9 Å². The largest absolute Gasteiger partial charge is 0.345 e. The second-order valence-corrected chi connectivity index (χ2v) is 7.46. The van der Waals surface area contributed by atoms with E-state index in [1.165, 1.54) is 11.0 Å². The van der Waals surface area contributed by atoms with Crippen LogP contribution in [0.25, 0.3) is 0 Å². The van der Waals surface area contributed by atoms with Crippen LogP contribution in [0, 0.1) is 5.82 Å². The molecule has 0 aliphatic heterocycles. The number of nitrogens with zero attached hydrogens (tertiary/aromatic N) is 2. The number of hydrogen-bond donors (Lipinski definition) is 0. The van der Waals surface area contributed by atoms with Crippen molar-refractivity contribution in [3.8, 4) is 0 Å². The second-order valence-electron chi connectivity index (χ2n) is 6.54. The Hall–Kier alpha value is -2.21. The van der Waals surface area contributed by atoms with Crippen molar-refractivity contribution < 1.29 is 14.0 Å². The molecule has 144 valence electrons. The first kappa shape index (κ1) is 21.1. The van der Waals surface area contributed by atoms with Crippen LogP contribution in [0.1, 0.15) is 34.8 Å². The van der Waals surface area contributed by atoms with E-state index in [9.17, 15) is 14.0 Å². The van der Waals surface area contributed by atoms with Gasteiger partial charge in [0.25, 0.3) is 5.91 Å². The summed E-state index contributed by atoms with van der Waals surface area (Å²) in [7, 11) is 3.42. The Balaban J connectivity index is 1.97. The van der Waals surface area contributed by atoms with E-state index in [0.29, 0.717) is 35.1 Å². The topological polar surface area (TPSA) is 40.6 Å². The summed E-state index contributed by atoms with van der Waals surface area (Å²) >= 11 is 3.23. The highest BCUT2D eigenvalue weighted by molar-refractivity contribution is 9.10. The molecule has 0 saturated heterocycles. The third kappa shape index (κ3) is 5.89. The predicted molar refractivity (Wildman–Crippen MR) is 108 cm³/mol. The summed E-state index contributed by atoms with van der Waals surface area (Å²) < 4.78 is 14.6. The molecule has 0 unspecified atom stereocenters. The van der Waals surface area contributed by atoms with Gasteiger partial charge in [-0.3, -0.25) is 9.59 Å². The van der Waals surface area contributed by atoms with Crippen molar-refractivity contribution in [3.05, 3.63) is 69.4 Å². The molecule has 27 heavy (non-hydrogen) atoms. The van der Waals surface area contributed by atoms with E-state index in [-0.39, 0.29) is 24.1 Å². The standard InChI is InChI=1S/C21H24BrFN2O2/c1-4-25(14-15-5-7-17(8-6-15)21(27)24(2)3)20(26)12-10-16-9-11-18(22)13-19(16)23/h5-9,11,13H,4,10,12,14H2,1-3H3. The Kier molecular flexibility index (Phi) is 7.54. The van der Waals surface area contributed by atoms with Crippen molar-refractivity contribution in [2.24, 2.45) is 0 Å². The average molecular weight is 435 g/mol. The highest BCUT2D eigenvalue weighted by Gasteiger charge is 2.14. The minimum Gasteiger partial charge on any atom is -0.345 e. The first-order chi connectivity index (χ1) is 12.8. The van der Waals surface area contributed by atoms with Gasteiger partial charge in [-0.25, -0.2) is 4.39 Å². The molecule has 0 saturated carbocycles. The second kappa shape index (κ2) is 9.65. The van der Waals surface area contributed by atoms with E-state index in [0.717, 1.165) is 5.56 Å². The molecule has 0 aromatic heterocycles. The van der Waals surface area contributed by atoms with E-state index < -0.39 is 0 Å². The van der Waals surface area contributed by atoms with Gasteiger partial charge in [0.2, 0.25) is 5.91 Å². The maximum atomic E-state index is 13.9. The number of aryl methyl sites for hydroxylation is 1. The molecule has 0 heterocycles. The first-order valence-electron chi connectivity index (χ1n) is 8.84. The van der Waals surface area contributed by atoms with E-state index in [1.54, 1.807) is 43.3 Å². The molecule has 0 bridgehead atoms. The quantitative estimate of drug-likeness (QED) is 0.652. The van der Waals surface area contributed by atoms with Gasteiger partial charge in [0.1, 0.15) is 5.82 Å². The molecular weight excluding hydrogens is 411 g/mol. The maximum absolute atomic E-state index is 13.9. The lowest BCUT2D eigenvalue weighted by Crippen LogP contribution is -2.30. The minimum absolute atomic E-state index is 0.0201. The summed E-state index contributed by atoms with van der Waals surface area (Å²) in [5.74, 6) is -0.379. The van der Waals surface area contributed by atoms with E-state index in [4.69, 9.17) is 0 Å². The van der Waals surface area contributed by atoms with Crippen molar-refractivity contribution in [1.29, 1.82) is 0 Å². The lowest BCUT2D eigenvalue weighted by molar-refractivity contribution is -0.131. The number of carbonyl (C=O) groups is 2. The van der Waals surface area contributed by atoms with Gasteiger partial charge in [0.15, 0.2) is 0 Å². The Bertz CT molecular complexity index is 806. The number of halogens is 2. The smallest absolute Gasteiger partial charge is 0.253 e. The van der Waals surface area contributed by atoms with Gasteiger partial charge in [0.05, 0.1) is 0 Å². The molecular formula is C21H24BrFN2O2. The molecule has 2 aromatic rings. The van der Waals surface area contributed by atoms with Gasteiger partial charge < -0.3 is 9.80 Å². The Morgan fingerprint density at radius 2 is 1.74 bits per heavy atom. The first-order valence-corrected chi connectivity index (χ1v) is 9.63. The zero-order valence-corrected chi connectivity index (χ0v) is 17.4. The van der Waals surface area contributed by atoms with Crippen LogP contribution in [0.3, 0.4) is 0 Å². The summed E-state index contributed by atoms with van der Waals surface area (Å²) in [6.45, 7) is 2.96. The summed E-state index contributed by atoms with van der Waals surface area (Å²) in [6, 6.07) is 12.1. The number of benzene rings is 2. The lowest BCUT2D eigenvalue weighted by atomic mass is 10.1. The molecule has 0 radical (unpaired) electrons. The van der Waals surface area contributed by atoms with Crippen LogP contribution in [-0.2, 0) is 17.8 Å². The lowest BCUT2D eigenvalue weighted by Gasteiger charge is -2.21. The predicted octanol–water partition coefficient (Wildman–Crippen LogP) is 4.27. The molecule has 0 aliphatic carbocycles. The third-order valence-electron chi connectivity index (χ3n) is 4.34. The Labute approximate surface area is 168 Å². The van der Waals surface area contributed by atoms with Crippen molar-refractivity contribution in [3.63, 3.8) is 0 Å². The molecule has 0 aliphatic rings. The monoisotopic (exact) mass is 434 g/mol. The van der Waals surface area contributed by atoms with Crippen LogP contribution in [-0.4, -0.2) is 42.3 Å². The zero-order chi connectivity index (χ0) is 20.0.